The largest absolute Gasteiger partial charge is 0.396 e. The lowest BCUT2D eigenvalue weighted by atomic mass is 10.0. The van der Waals surface area contributed by atoms with Crippen LogP contribution in [0.25, 0.3) is 0 Å². The Bertz CT molecular complexity index is 246. The third-order valence-electron chi connectivity index (χ3n) is 1.85. The summed E-state index contributed by atoms with van der Waals surface area (Å²) >= 11 is 0. The normalized spacial score (nSPS) is 11.6. The molecule has 13 heavy (non-hydrogen) atoms. The van der Waals surface area contributed by atoms with Gasteiger partial charge in [-0.2, -0.15) is 0 Å². The molecule has 1 rings (SSSR count). The molecule has 0 bridgehead atoms. The fraction of sp³-hybridized carbons (Fsp3) is 0.400. The van der Waals surface area contributed by atoms with Crippen LogP contribution in [0.4, 0.5) is 8.78 Å². The summed E-state index contributed by atoms with van der Waals surface area (Å²) in [6, 6.07) is 7.67. The highest BCUT2D eigenvalue weighted by Gasteiger charge is 2.29. The Balaban J connectivity index is 2.69. The van der Waals surface area contributed by atoms with E-state index in [1.807, 2.05) is 0 Å². The first-order valence-electron chi connectivity index (χ1n) is 4.21. The van der Waals surface area contributed by atoms with Crippen molar-refractivity contribution in [2.24, 2.45) is 0 Å². The fourth-order valence-corrected chi connectivity index (χ4v) is 1.13. The van der Waals surface area contributed by atoms with Gasteiger partial charge in [-0.25, -0.2) is 8.78 Å². The Labute approximate surface area is 76.0 Å². The number of aliphatic hydroxyl groups is 1. The van der Waals surface area contributed by atoms with E-state index < -0.39 is 5.92 Å². The molecule has 1 N–H and O–H groups in total. The van der Waals surface area contributed by atoms with E-state index in [9.17, 15) is 8.78 Å². The molecule has 0 saturated carbocycles. The number of aliphatic hydroxyl groups excluding tert-OH is 1. The number of alkyl halides is 2. The molecule has 0 aliphatic carbocycles. The molecule has 0 saturated heterocycles. The van der Waals surface area contributed by atoms with Crippen molar-refractivity contribution < 1.29 is 13.9 Å². The zero-order valence-corrected chi connectivity index (χ0v) is 7.21. The SMILES string of the molecule is OCCCC(F)(F)c1ccccc1. The van der Waals surface area contributed by atoms with Gasteiger partial charge in [0.15, 0.2) is 0 Å². The number of halogens is 2. The van der Waals surface area contributed by atoms with Crippen LogP contribution in [0.1, 0.15) is 18.4 Å². The minimum absolute atomic E-state index is 0.0171. The van der Waals surface area contributed by atoms with Crippen LogP contribution in [0, 0.1) is 0 Å². The predicted octanol–water partition coefficient (Wildman–Crippen LogP) is 2.55. The van der Waals surface area contributed by atoms with Crippen molar-refractivity contribution in [3.05, 3.63) is 35.9 Å². The number of rotatable bonds is 4. The molecule has 1 nitrogen and oxygen atoms in total. The van der Waals surface area contributed by atoms with Crippen LogP contribution < -0.4 is 0 Å². The molecule has 0 aromatic heterocycles. The Kier molecular flexibility index (Phi) is 3.37. The van der Waals surface area contributed by atoms with Crippen LogP contribution in [0.15, 0.2) is 30.3 Å². The quantitative estimate of drug-likeness (QED) is 0.766. The van der Waals surface area contributed by atoms with E-state index in [2.05, 4.69) is 0 Å². The third-order valence-corrected chi connectivity index (χ3v) is 1.85. The van der Waals surface area contributed by atoms with Gasteiger partial charge in [0.2, 0.25) is 0 Å². The van der Waals surface area contributed by atoms with Crippen molar-refractivity contribution in [1.82, 2.24) is 0 Å². The van der Waals surface area contributed by atoms with Gasteiger partial charge < -0.3 is 5.11 Å². The Hall–Kier alpha value is -0.960. The van der Waals surface area contributed by atoms with Gasteiger partial charge in [-0.1, -0.05) is 30.3 Å². The van der Waals surface area contributed by atoms with Gasteiger partial charge in [0.25, 0.3) is 5.92 Å². The molecule has 0 heterocycles. The first-order valence-corrected chi connectivity index (χ1v) is 4.21. The van der Waals surface area contributed by atoms with Gasteiger partial charge in [0, 0.05) is 18.6 Å². The fourth-order valence-electron chi connectivity index (χ4n) is 1.13. The van der Waals surface area contributed by atoms with Crippen molar-refractivity contribution >= 4 is 0 Å². The molecule has 0 fully saturated rings. The van der Waals surface area contributed by atoms with Gasteiger partial charge in [-0.15, -0.1) is 0 Å². The number of benzene rings is 1. The monoisotopic (exact) mass is 186 g/mol. The maximum absolute atomic E-state index is 13.2. The van der Waals surface area contributed by atoms with Gasteiger partial charge in [0.05, 0.1) is 0 Å². The van der Waals surface area contributed by atoms with E-state index in [1.165, 1.54) is 12.1 Å². The second-order valence-electron chi connectivity index (χ2n) is 2.90. The predicted molar refractivity (Wildman–Crippen MR) is 46.7 cm³/mol. The minimum Gasteiger partial charge on any atom is -0.396 e. The van der Waals surface area contributed by atoms with E-state index in [0.717, 1.165) is 0 Å². The minimum atomic E-state index is -2.82. The molecule has 72 valence electrons. The molecule has 1 aromatic rings. The summed E-state index contributed by atoms with van der Waals surface area (Å²) in [4.78, 5) is 0. The molecule has 0 amide bonds. The summed E-state index contributed by atoms with van der Waals surface area (Å²) in [5.41, 5.74) is 0.0171. The second kappa shape index (κ2) is 4.33. The summed E-state index contributed by atoms with van der Waals surface area (Å²) in [5, 5.41) is 8.44. The summed E-state index contributed by atoms with van der Waals surface area (Å²) in [6.07, 6.45) is -0.171. The molecule has 0 unspecified atom stereocenters. The van der Waals surface area contributed by atoms with E-state index in [0.29, 0.717) is 0 Å². The first-order chi connectivity index (χ1) is 6.17. The van der Waals surface area contributed by atoms with Crippen LogP contribution >= 0.6 is 0 Å². The topological polar surface area (TPSA) is 20.2 Å². The second-order valence-corrected chi connectivity index (χ2v) is 2.90. The molecular formula is C10H12F2O. The van der Waals surface area contributed by atoms with Gasteiger partial charge >= 0.3 is 0 Å². The third kappa shape index (κ3) is 2.77. The van der Waals surface area contributed by atoms with Crippen molar-refractivity contribution in [2.75, 3.05) is 6.61 Å². The smallest absolute Gasteiger partial charge is 0.273 e. The van der Waals surface area contributed by atoms with Gasteiger partial charge in [-0.3, -0.25) is 0 Å². The first kappa shape index (κ1) is 10.1. The summed E-state index contributed by atoms with van der Waals surface area (Å²) < 4.78 is 26.5. The molecule has 0 atom stereocenters. The highest BCUT2D eigenvalue weighted by molar-refractivity contribution is 5.19. The van der Waals surface area contributed by atoms with Crippen molar-refractivity contribution in [1.29, 1.82) is 0 Å². The molecular weight excluding hydrogens is 174 g/mol. The van der Waals surface area contributed by atoms with Crippen molar-refractivity contribution in [2.45, 2.75) is 18.8 Å². The van der Waals surface area contributed by atoms with E-state index in [1.54, 1.807) is 18.2 Å². The van der Waals surface area contributed by atoms with E-state index in [-0.39, 0.29) is 25.0 Å². The zero-order chi connectivity index (χ0) is 9.73. The zero-order valence-electron chi connectivity index (χ0n) is 7.21. The maximum Gasteiger partial charge on any atom is 0.273 e. The standard InChI is InChI=1S/C10H12F2O/c11-10(12,7-4-8-13)9-5-2-1-3-6-9/h1-3,5-6,13H,4,7-8H2. The Morgan fingerprint density at radius 1 is 1.15 bits per heavy atom. The van der Waals surface area contributed by atoms with Crippen molar-refractivity contribution in [3.63, 3.8) is 0 Å². The van der Waals surface area contributed by atoms with E-state index >= 15 is 0 Å². The molecule has 0 aliphatic heterocycles. The average molecular weight is 186 g/mol. The van der Waals surface area contributed by atoms with Crippen LogP contribution in [0.3, 0.4) is 0 Å². The highest BCUT2D eigenvalue weighted by atomic mass is 19.3. The molecule has 0 spiro atoms. The molecule has 3 heteroatoms. The van der Waals surface area contributed by atoms with Crippen molar-refractivity contribution in [3.8, 4) is 0 Å². The summed E-state index contributed by atoms with van der Waals surface area (Å²) in [5.74, 6) is -2.82. The Morgan fingerprint density at radius 2 is 1.77 bits per heavy atom. The number of hydrogen-bond acceptors (Lipinski definition) is 1. The summed E-state index contributed by atoms with van der Waals surface area (Å²) in [6.45, 7) is -0.192. The number of hydrogen-bond donors (Lipinski definition) is 1. The molecule has 1 aromatic carbocycles. The highest BCUT2D eigenvalue weighted by Crippen LogP contribution is 2.32. The maximum atomic E-state index is 13.2. The Morgan fingerprint density at radius 3 is 2.31 bits per heavy atom. The lowest BCUT2D eigenvalue weighted by Gasteiger charge is -2.15. The molecule has 0 aliphatic rings. The van der Waals surface area contributed by atoms with Gasteiger partial charge in [0.1, 0.15) is 0 Å². The average Bonchev–Trinajstić information content (AvgIpc) is 2.16. The summed E-state index contributed by atoms with van der Waals surface area (Å²) in [7, 11) is 0. The van der Waals surface area contributed by atoms with Gasteiger partial charge in [-0.05, 0) is 6.42 Å². The molecule has 0 radical (unpaired) electrons. The van der Waals surface area contributed by atoms with Crippen LogP contribution in [-0.2, 0) is 5.92 Å². The van der Waals surface area contributed by atoms with Crippen LogP contribution in [-0.4, -0.2) is 11.7 Å². The van der Waals surface area contributed by atoms with Crippen LogP contribution in [0.2, 0.25) is 0 Å². The van der Waals surface area contributed by atoms with Crippen LogP contribution in [0.5, 0.6) is 0 Å². The lowest BCUT2D eigenvalue weighted by Crippen LogP contribution is -2.13. The lowest BCUT2D eigenvalue weighted by molar-refractivity contribution is -0.0188. The van der Waals surface area contributed by atoms with E-state index in [4.69, 9.17) is 5.11 Å².